The number of rotatable bonds is 7. The largest absolute Gasteiger partial charge is 0.468 e. The molecule has 0 bridgehead atoms. The van der Waals surface area contributed by atoms with Crippen LogP contribution >= 0.6 is 0 Å². The molecule has 2 aromatic heterocycles. The fourth-order valence-electron chi connectivity index (χ4n) is 3.77. The van der Waals surface area contributed by atoms with Gasteiger partial charge in [0.1, 0.15) is 11.8 Å². The highest BCUT2D eigenvalue weighted by Crippen LogP contribution is 2.27. The Morgan fingerprint density at radius 1 is 1.12 bits per heavy atom. The Morgan fingerprint density at radius 2 is 1.94 bits per heavy atom. The average molecular weight is 430 g/mol. The lowest BCUT2D eigenvalue weighted by Gasteiger charge is -2.36. The Hall–Kier alpha value is -3.82. The predicted molar refractivity (Wildman–Crippen MR) is 117 cm³/mol. The highest BCUT2D eigenvalue weighted by Gasteiger charge is 2.34. The van der Waals surface area contributed by atoms with E-state index < -0.39 is 6.23 Å². The van der Waals surface area contributed by atoms with E-state index >= 15 is 0 Å². The molecule has 1 unspecified atom stereocenters. The topological polar surface area (TPSA) is 109 Å². The fourth-order valence-corrected chi connectivity index (χ4v) is 3.77. The van der Waals surface area contributed by atoms with E-state index in [0.29, 0.717) is 30.6 Å². The summed E-state index contributed by atoms with van der Waals surface area (Å²) in [6.07, 6.45) is 3.46. The van der Waals surface area contributed by atoms with E-state index in [4.69, 9.17) is 9.26 Å². The number of imidazole rings is 1. The molecule has 0 amide bonds. The van der Waals surface area contributed by atoms with Gasteiger partial charge in [-0.3, -0.25) is 4.79 Å². The third-order valence-corrected chi connectivity index (χ3v) is 5.41. The Labute approximate surface area is 184 Å². The molecule has 3 heterocycles. The number of carbonyl (C=O) groups is 1. The average Bonchev–Trinajstić information content (AvgIpc) is 3.56. The van der Waals surface area contributed by atoms with Gasteiger partial charge in [-0.2, -0.15) is 4.98 Å². The van der Waals surface area contributed by atoms with Crippen LogP contribution in [0, 0.1) is 0 Å². The molecule has 9 nitrogen and oxygen atoms in total. The van der Waals surface area contributed by atoms with Crippen LogP contribution in [0.15, 0.2) is 71.6 Å². The maximum atomic E-state index is 11.9. The van der Waals surface area contributed by atoms with Crippen molar-refractivity contribution in [2.75, 3.05) is 19.6 Å². The number of aromatic amines is 1. The molecule has 162 valence electrons. The summed E-state index contributed by atoms with van der Waals surface area (Å²) in [4.78, 5) is 25.6. The van der Waals surface area contributed by atoms with Crippen molar-refractivity contribution in [2.45, 2.75) is 12.3 Å². The molecule has 1 fully saturated rings. The van der Waals surface area contributed by atoms with Gasteiger partial charge in [0.2, 0.25) is 17.9 Å². The van der Waals surface area contributed by atoms with E-state index in [1.807, 2.05) is 59.5 Å². The minimum Gasteiger partial charge on any atom is -0.468 e. The number of aromatic nitrogens is 4. The van der Waals surface area contributed by atoms with Crippen LogP contribution in [-0.2, 0) is 4.79 Å². The molecule has 9 heteroatoms. The maximum Gasteiger partial charge on any atom is 0.245 e. The summed E-state index contributed by atoms with van der Waals surface area (Å²) >= 11 is 0. The Morgan fingerprint density at radius 3 is 2.69 bits per heavy atom. The van der Waals surface area contributed by atoms with Gasteiger partial charge in [0.25, 0.3) is 0 Å². The van der Waals surface area contributed by atoms with Crippen LogP contribution in [0.1, 0.15) is 11.9 Å². The number of hydrogen-bond donors (Lipinski definition) is 2. The Kier molecular flexibility index (Phi) is 5.73. The molecule has 1 aliphatic heterocycles. The number of aldehydes is 1. The monoisotopic (exact) mass is 430 g/mol. The second kappa shape index (κ2) is 9.13. The van der Waals surface area contributed by atoms with Crippen molar-refractivity contribution >= 4 is 6.29 Å². The van der Waals surface area contributed by atoms with E-state index in [-0.39, 0.29) is 6.04 Å². The zero-order valence-electron chi connectivity index (χ0n) is 17.2. The first-order chi connectivity index (χ1) is 15.8. The minimum atomic E-state index is -0.756. The zero-order chi connectivity index (χ0) is 21.8. The summed E-state index contributed by atoms with van der Waals surface area (Å²) in [6, 6.07) is 16.8. The quantitative estimate of drug-likeness (QED) is 0.431. The van der Waals surface area contributed by atoms with Gasteiger partial charge in [0.05, 0.1) is 18.2 Å². The molecule has 4 aromatic rings. The van der Waals surface area contributed by atoms with E-state index in [0.717, 1.165) is 29.7 Å². The van der Waals surface area contributed by atoms with Crippen molar-refractivity contribution in [3.8, 4) is 28.4 Å². The van der Waals surface area contributed by atoms with Gasteiger partial charge < -0.3 is 19.6 Å². The van der Waals surface area contributed by atoms with Crippen molar-refractivity contribution in [1.82, 2.24) is 30.3 Å². The first-order valence-electron chi connectivity index (χ1n) is 10.4. The first-order valence-corrected chi connectivity index (χ1v) is 10.4. The third kappa shape index (κ3) is 4.16. The normalized spacial score (nSPS) is 17.7. The number of hydrogen-bond acceptors (Lipinski definition) is 8. The zero-order valence-corrected chi connectivity index (χ0v) is 17.2. The molecule has 0 radical (unpaired) electrons. The highest BCUT2D eigenvalue weighted by molar-refractivity contribution is 5.64. The third-order valence-electron chi connectivity index (χ3n) is 5.41. The van der Waals surface area contributed by atoms with Gasteiger partial charge in [-0.15, -0.1) is 0 Å². The molecule has 1 saturated heterocycles. The molecular formula is C23H22N6O3. The summed E-state index contributed by atoms with van der Waals surface area (Å²) in [5.41, 5.74) is 2.79. The van der Waals surface area contributed by atoms with Gasteiger partial charge in [-0.25, -0.2) is 9.88 Å². The van der Waals surface area contributed by atoms with Gasteiger partial charge in [-0.05, 0) is 17.7 Å². The van der Waals surface area contributed by atoms with Gasteiger partial charge in [0, 0.05) is 25.2 Å². The summed E-state index contributed by atoms with van der Waals surface area (Å²) in [6.45, 7) is 1.91. The molecule has 2 N–H and O–H groups in total. The number of ether oxygens (including phenoxy) is 1. The van der Waals surface area contributed by atoms with Crippen LogP contribution < -0.4 is 10.1 Å². The maximum absolute atomic E-state index is 11.9. The van der Waals surface area contributed by atoms with Crippen LogP contribution in [0.3, 0.4) is 0 Å². The number of H-pyrrole nitrogens is 1. The summed E-state index contributed by atoms with van der Waals surface area (Å²) in [7, 11) is 0. The van der Waals surface area contributed by atoms with Crippen molar-refractivity contribution < 1.29 is 14.1 Å². The molecule has 2 atom stereocenters. The number of nitrogens with zero attached hydrogens (tertiary/aromatic N) is 4. The van der Waals surface area contributed by atoms with Crippen molar-refractivity contribution in [3.05, 3.63) is 73.0 Å². The van der Waals surface area contributed by atoms with E-state index in [1.165, 1.54) is 0 Å². The van der Waals surface area contributed by atoms with Gasteiger partial charge in [-0.1, -0.05) is 47.6 Å². The van der Waals surface area contributed by atoms with Crippen LogP contribution in [0.5, 0.6) is 5.75 Å². The number of piperazine rings is 1. The number of para-hydroxylation sites is 1. The van der Waals surface area contributed by atoms with Crippen molar-refractivity contribution in [1.29, 1.82) is 0 Å². The molecule has 32 heavy (non-hydrogen) atoms. The first kappa shape index (κ1) is 20.1. The van der Waals surface area contributed by atoms with Gasteiger partial charge >= 0.3 is 0 Å². The molecular weight excluding hydrogens is 408 g/mol. The van der Waals surface area contributed by atoms with Crippen LogP contribution in [0.2, 0.25) is 0 Å². The van der Waals surface area contributed by atoms with E-state index in [2.05, 4.69) is 25.4 Å². The molecule has 0 saturated carbocycles. The number of carbonyl (C=O) groups excluding carboxylic acids is 1. The number of nitrogens with one attached hydrogen (secondary N) is 2. The van der Waals surface area contributed by atoms with Gasteiger partial charge in [0.15, 0.2) is 6.29 Å². The lowest BCUT2D eigenvalue weighted by molar-refractivity contribution is -0.125. The van der Waals surface area contributed by atoms with Crippen molar-refractivity contribution in [3.63, 3.8) is 0 Å². The second-order valence-corrected chi connectivity index (χ2v) is 7.41. The Bertz CT molecular complexity index is 1140. The van der Waals surface area contributed by atoms with Crippen molar-refractivity contribution in [2.24, 2.45) is 0 Å². The van der Waals surface area contributed by atoms with Crippen LogP contribution in [0.4, 0.5) is 0 Å². The van der Waals surface area contributed by atoms with Crippen LogP contribution in [-0.4, -0.2) is 57.2 Å². The second-order valence-electron chi connectivity index (χ2n) is 7.41. The lowest BCUT2D eigenvalue weighted by Crippen LogP contribution is -2.53. The lowest BCUT2D eigenvalue weighted by atomic mass is 10.1. The fraction of sp³-hybridized carbons (Fsp3) is 0.217. The van der Waals surface area contributed by atoms with Crippen LogP contribution in [0.25, 0.3) is 22.6 Å². The molecule has 1 aliphatic rings. The molecule has 2 aromatic carbocycles. The summed E-state index contributed by atoms with van der Waals surface area (Å²) < 4.78 is 11.5. The summed E-state index contributed by atoms with van der Waals surface area (Å²) in [5, 5.41) is 7.50. The molecule has 0 spiro atoms. The standard InChI is InChI=1S/C23H22N6O3/c30-14-21(31-18-4-2-1-3-5-18)29-11-10-24-13-20(29)23-27-22(28-32-23)17-8-6-16(7-9-17)19-12-25-15-26-19/h1-9,12,14-15,20-21,24H,10-11,13H2,(H,25,26)/t20?,21-/m1/s1. The SMILES string of the molecule is O=C[C@@H](Oc1ccccc1)N1CCNCC1c1nc(-c2ccc(-c3cnc[nH]3)cc2)no1. The Balaban J connectivity index is 1.36. The molecule has 0 aliphatic carbocycles. The van der Waals surface area contributed by atoms with E-state index in [1.54, 1.807) is 12.5 Å². The summed E-state index contributed by atoms with van der Waals surface area (Å²) in [5.74, 6) is 1.56. The highest BCUT2D eigenvalue weighted by atomic mass is 16.5. The molecule has 5 rings (SSSR count). The predicted octanol–water partition coefficient (Wildman–Crippen LogP) is 2.68. The number of benzene rings is 2. The minimum absolute atomic E-state index is 0.284. The smallest absolute Gasteiger partial charge is 0.245 e. The van der Waals surface area contributed by atoms with E-state index in [9.17, 15) is 4.79 Å².